The summed E-state index contributed by atoms with van der Waals surface area (Å²) in [5, 5.41) is 5.50. The van der Waals surface area contributed by atoms with Gasteiger partial charge < -0.3 is 15.4 Å². The van der Waals surface area contributed by atoms with Gasteiger partial charge in [0, 0.05) is 37.3 Å². The van der Waals surface area contributed by atoms with Crippen LogP contribution in [0.2, 0.25) is 0 Å². The molecule has 1 saturated heterocycles. The SMILES string of the molecule is CCOC(=O)c1ccc(S(=O)(=O)N2CCC(C(=O)Nc3ccc(NC(C)=O)cc3)CC2)cc1. The number of carbonyl (C=O) groups is 3. The standard InChI is InChI=1S/C23H27N3O6S/c1-3-32-23(29)18-4-10-21(11-5-18)33(30,31)26-14-12-17(13-15-26)22(28)25-20-8-6-19(7-9-20)24-16(2)27/h4-11,17H,3,12-15H2,1-2H3,(H,24,27)(H,25,28). The fourth-order valence-electron chi connectivity index (χ4n) is 3.57. The molecule has 0 unspecified atom stereocenters. The number of esters is 1. The van der Waals surface area contributed by atoms with Gasteiger partial charge in [0.25, 0.3) is 0 Å². The lowest BCUT2D eigenvalue weighted by Gasteiger charge is -2.30. The molecular weight excluding hydrogens is 446 g/mol. The Morgan fingerprint density at radius 3 is 2.00 bits per heavy atom. The maximum Gasteiger partial charge on any atom is 0.338 e. The molecule has 0 aliphatic carbocycles. The number of nitrogens with zero attached hydrogens (tertiary/aromatic N) is 1. The van der Waals surface area contributed by atoms with Gasteiger partial charge in [-0.15, -0.1) is 0 Å². The normalized spacial score (nSPS) is 15.0. The molecule has 0 spiro atoms. The molecule has 1 aliphatic heterocycles. The molecule has 2 aromatic rings. The third kappa shape index (κ3) is 6.17. The van der Waals surface area contributed by atoms with Gasteiger partial charge in [0.15, 0.2) is 0 Å². The highest BCUT2D eigenvalue weighted by Crippen LogP contribution is 2.25. The first-order valence-corrected chi connectivity index (χ1v) is 12.1. The average Bonchev–Trinajstić information content (AvgIpc) is 2.80. The second-order valence-corrected chi connectivity index (χ2v) is 9.61. The number of anilines is 2. The number of carbonyl (C=O) groups excluding carboxylic acids is 3. The van der Waals surface area contributed by atoms with Crippen molar-refractivity contribution in [2.45, 2.75) is 31.6 Å². The summed E-state index contributed by atoms with van der Waals surface area (Å²) in [6.45, 7) is 3.80. The number of nitrogens with one attached hydrogen (secondary N) is 2. The highest BCUT2D eigenvalue weighted by atomic mass is 32.2. The summed E-state index contributed by atoms with van der Waals surface area (Å²) in [6, 6.07) is 12.4. The highest BCUT2D eigenvalue weighted by Gasteiger charge is 2.32. The maximum atomic E-state index is 12.9. The van der Waals surface area contributed by atoms with E-state index in [2.05, 4.69) is 10.6 Å². The van der Waals surface area contributed by atoms with Crippen molar-refractivity contribution >= 4 is 39.2 Å². The summed E-state index contributed by atoms with van der Waals surface area (Å²) in [4.78, 5) is 35.6. The zero-order chi connectivity index (χ0) is 24.0. The first kappa shape index (κ1) is 24.4. The molecule has 0 radical (unpaired) electrons. The van der Waals surface area contributed by atoms with Crippen LogP contribution in [0.4, 0.5) is 11.4 Å². The van der Waals surface area contributed by atoms with E-state index in [0.717, 1.165) is 0 Å². The molecule has 10 heteroatoms. The van der Waals surface area contributed by atoms with Crippen molar-refractivity contribution in [2.24, 2.45) is 5.92 Å². The van der Waals surface area contributed by atoms with Crippen LogP contribution in [-0.4, -0.2) is 50.2 Å². The molecule has 2 aromatic carbocycles. The molecule has 2 N–H and O–H groups in total. The molecule has 9 nitrogen and oxygen atoms in total. The van der Waals surface area contributed by atoms with Crippen LogP contribution in [0.5, 0.6) is 0 Å². The van der Waals surface area contributed by atoms with Crippen molar-refractivity contribution in [1.29, 1.82) is 0 Å². The zero-order valence-electron chi connectivity index (χ0n) is 18.5. The van der Waals surface area contributed by atoms with Crippen LogP contribution >= 0.6 is 0 Å². The Morgan fingerprint density at radius 2 is 1.48 bits per heavy atom. The van der Waals surface area contributed by atoms with Gasteiger partial charge in [0.1, 0.15) is 0 Å². The van der Waals surface area contributed by atoms with Crippen molar-refractivity contribution in [3.8, 4) is 0 Å². The van der Waals surface area contributed by atoms with E-state index in [9.17, 15) is 22.8 Å². The van der Waals surface area contributed by atoms with Crippen molar-refractivity contribution in [2.75, 3.05) is 30.3 Å². The molecule has 176 valence electrons. The number of rotatable bonds is 7. The van der Waals surface area contributed by atoms with Gasteiger partial charge in [-0.25, -0.2) is 13.2 Å². The lowest BCUT2D eigenvalue weighted by Crippen LogP contribution is -2.41. The van der Waals surface area contributed by atoms with E-state index in [4.69, 9.17) is 4.74 Å². The minimum absolute atomic E-state index is 0.0951. The quantitative estimate of drug-likeness (QED) is 0.597. The fraction of sp³-hybridized carbons (Fsp3) is 0.348. The van der Waals surface area contributed by atoms with Crippen LogP contribution in [0.25, 0.3) is 0 Å². The first-order valence-electron chi connectivity index (χ1n) is 10.7. The zero-order valence-corrected chi connectivity index (χ0v) is 19.4. The van der Waals surface area contributed by atoms with Gasteiger partial charge >= 0.3 is 5.97 Å². The Hall–Kier alpha value is -3.24. The van der Waals surface area contributed by atoms with Crippen LogP contribution in [0, 0.1) is 5.92 Å². The third-order valence-electron chi connectivity index (χ3n) is 5.30. The Balaban J connectivity index is 1.56. The highest BCUT2D eigenvalue weighted by molar-refractivity contribution is 7.89. The molecule has 0 bridgehead atoms. The second kappa shape index (κ2) is 10.6. The topological polar surface area (TPSA) is 122 Å². The van der Waals surface area contributed by atoms with Crippen molar-refractivity contribution in [1.82, 2.24) is 4.31 Å². The molecule has 2 amide bonds. The van der Waals surface area contributed by atoms with Crippen LogP contribution < -0.4 is 10.6 Å². The molecule has 0 atom stereocenters. The van der Waals surface area contributed by atoms with E-state index >= 15 is 0 Å². The van der Waals surface area contributed by atoms with E-state index in [1.165, 1.54) is 35.5 Å². The van der Waals surface area contributed by atoms with Gasteiger partial charge in [0.05, 0.1) is 17.1 Å². The lowest BCUT2D eigenvalue weighted by atomic mass is 9.97. The molecular formula is C23H27N3O6S. The van der Waals surface area contributed by atoms with Crippen molar-refractivity contribution in [3.63, 3.8) is 0 Å². The van der Waals surface area contributed by atoms with Gasteiger partial charge in [-0.3, -0.25) is 9.59 Å². The Morgan fingerprint density at radius 1 is 0.939 bits per heavy atom. The first-order chi connectivity index (χ1) is 15.7. The smallest absolute Gasteiger partial charge is 0.338 e. The van der Waals surface area contributed by atoms with Crippen LogP contribution in [0.1, 0.15) is 37.0 Å². The van der Waals surface area contributed by atoms with Crippen LogP contribution in [0.3, 0.4) is 0 Å². The lowest BCUT2D eigenvalue weighted by molar-refractivity contribution is -0.121. The van der Waals surface area contributed by atoms with Crippen LogP contribution in [0.15, 0.2) is 53.4 Å². The molecule has 0 saturated carbocycles. The van der Waals surface area contributed by atoms with E-state index in [-0.39, 0.29) is 47.9 Å². The third-order valence-corrected chi connectivity index (χ3v) is 7.21. The fourth-order valence-corrected chi connectivity index (χ4v) is 5.04. The number of benzene rings is 2. The molecule has 1 fully saturated rings. The summed E-state index contributed by atoms with van der Waals surface area (Å²) in [5.41, 5.74) is 1.52. The second-order valence-electron chi connectivity index (χ2n) is 7.67. The summed E-state index contributed by atoms with van der Waals surface area (Å²) in [6.07, 6.45) is 0.798. The Kier molecular flexibility index (Phi) is 7.83. The maximum absolute atomic E-state index is 12.9. The summed E-state index contributed by atoms with van der Waals surface area (Å²) < 4.78 is 32.2. The summed E-state index contributed by atoms with van der Waals surface area (Å²) >= 11 is 0. The molecule has 3 rings (SSSR count). The summed E-state index contributed by atoms with van der Waals surface area (Å²) in [5.74, 6) is -1.16. The predicted molar refractivity (Wildman–Crippen MR) is 123 cm³/mol. The number of sulfonamides is 1. The minimum atomic E-state index is -3.72. The van der Waals surface area contributed by atoms with E-state index in [0.29, 0.717) is 24.2 Å². The van der Waals surface area contributed by atoms with Crippen molar-refractivity contribution < 1.29 is 27.5 Å². The van der Waals surface area contributed by atoms with E-state index in [1.807, 2.05) is 0 Å². The number of amides is 2. The van der Waals surface area contributed by atoms with E-state index in [1.54, 1.807) is 31.2 Å². The van der Waals surface area contributed by atoms with Gasteiger partial charge in [0.2, 0.25) is 21.8 Å². The van der Waals surface area contributed by atoms with Gasteiger partial charge in [-0.05, 0) is 68.3 Å². The number of hydrogen-bond donors (Lipinski definition) is 2. The van der Waals surface area contributed by atoms with Crippen molar-refractivity contribution in [3.05, 3.63) is 54.1 Å². The largest absolute Gasteiger partial charge is 0.462 e. The van der Waals surface area contributed by atoms with Gasteiger partial charge in [-0.1, -0.05) is 0 Å². The molecule has 1 aliphatic rings. The Bertz CT molecular complexity index is 1110. The summed E-state index contributed by atoms with van der Waals surface area (Å²) in [7, 11) is -3.72. The van der Waals surface area contributed by atoms with Gasteiger partial charge in [-0.2, -0.15) is 4.31 Å². The molecule has 33 heavy (non-hydrogen) atoms. The minimum Gasteiger partial charge on any atom is -0.462 e. The average molecular weight is 474 g/mol. The Labute approximate surface area is 193 Å². The number of hydrogen-bond acceptors (Lipinski definition) is 6. The molecule has 0 aromatic heterocycles. The van der Waals surface area contributed by atoms with E-state index < -0.39 is 16.0 Å². The monoisotopic (exact) mass is 473 g/mol. The number of ether oxygens (including phenoxy) is 1. The van der Waals surface area contributed by atoms with Crippen LogP contribution in [-0.2, 0) is 24.3 Å². The molecule has 1 heterocycles. The number of piperidine rings is 1. The predicted octanol–water partition coefficient (Wildman–Crippen LogP) is 2.86.